The van der Waals surface area contributed by atoms with Gasteiger partial charge in [0.1, 0.15) is 0 Å². The Labute approximate surface area is 93.3 Å². The van der Waals surface area contributed by atoms with Crippen LogP contribution in [0.1, 0.15) is 27.7 Å². The number of rotatable bonds is 7. The highest BCUT2D eigenvalue weighted by Gasteiger charge is 2.18. The fourth-order valence-electron chi connectivity index (χ4n) is 0.912. The molecular formula is C10H23NO3S. The van der Waals surface area contributed by atoms with Crippen molar-refractivity contribution in [2.24, 2.45) is 0 Å². The Bertz CT molecular complexity index is 270. The second kappa shape index (κ2) is 5.82. The summed E-state index contributed by atoms with van der Waals surface area (Å²) < 4.78 is 28.1. The minimum absolute atomic E-state index is 0.185. The summed E-state index contributed by atoms with van der Waals surface area (Å²) in [5.41, 5.74) is -0.248. The quantitative estimate of drug-likeness (QED) is 0.666. The maximum Gasteiger partial charge on any atom is 0.153 e. The number of methoxy groups -OCH3 is 1. The Morgan fingerprint density at radius 2 is 1.87 bits per heavy atom. The van der Waals surface area contributed by atoms with Gasteiger partial charge in [0, 0.05) is 20.2 Å². The third kappa shape index (κ3) is 6.12. The fraction of sp³-hybridized carbons (Fsp3) is 1.00. The molecule has 0 saturated heterocycles. The van der Waals surface area contributed by atoms with Crippen LogP contribution in [-0.2, 0) is 14.6 Å². The van der Waals surface area contributed by atoms with Gasteiger partial charge in [-0.2, -0.15) is 0 Å². The summed E-state index contributed by atoms with van der Waals surface area (Å²) in [7, 11) is -1.28. The molecule has 0 aromatic carbocycles. The van der Waals surface area contributed by atoms with Crippen molar-refractivity contribution in [3.05, 3.63) is 0 Å². The molecule has 0 aliphatic heterocycles. The van der Waals surface area contributed by atoms with Crippen LogP contribution in [0.25, 0.3) is 0 Å². The van der Waals surface area contributed by atoms with Gasteiger partial charge in [-0.25, -0.2) is 8.42 Å². The van der Waals surface area contributed by atoms with Gasteiger partial charge in [-0.15, -0.1) is 0 Å². The van der Waals surface area contributed by atoms with Gasteiger partial charge in [0.15, 0.2) is 9.84 Å². The minimum atomic E-state index is -2.93. The van der Waals surface area contributed by atoms with E-state index in [1.807, 2.05) is 13.8 Å². The molecule has 1 N–H and O–H groups in total. The number of nitrogens with one attached hydrogen (secondary N) is 1. The molecule has 0 atom stereocenters. The van der Waals surface area contributed by atoms with Crippen LogP contribution in [0.3, 0.4) is 0 Å². The largest absolute Gasteiger partial charge is 0.377 e. The average Bonchev–Trinajstić information content (AvgIpc) is 2.12. The highest BCUT2D eigenvalue weighted by molar-refractivity contribution is 7.92. The summed E-state index contributed by atoms with van der Waals surface area (Å²) in [6.45, 7) is 8.45. The molecular weight excluding hydrogens is 214 g/mol. The van der Waals surface area contributed by atoms with Crippen molar-refractivity contribution in [3.63, 3.8) is 0 Å². The van der Waals surface area contributed by atoms with Gasteiger partial charge in [0.2, 0.25) is 0 Å². The van der Waals surface area contributed by atoms with E-state index in [0.29, 0.717) is 13.1 Å². The van der Waals surface area contributed by atoms with E-state index in [1.54, 1.807) is 21.0 Å². The smallest absolute Gasteiger partial charge is 0.153 e. The number of hydrogen-bond donors (Lipinski definition) is 1. The van der Waals surface area contributed by atoms with E-state index in [2.05, 4.69) is 5.32 Å². The molecule has 0 aromatic heterocycles. The first-order valence-electron chi connectivity index (χ1n) is 5.19. The number of ether oxygens (including phenoxy) is 1. The van der Waals surface area contributed by atoms with Gasteiger partial charge in [-0.3, -0.25) is 0 Å². The topological polar surface area (TPSA) is 55.4 Å². The summed E-state index contributed by atoms with van der Waals surface area (Å²) in [5, 5.41) is 2.79. The summed E-state index contributed by atoms with van der Waals surface area (Å²) in [5.74, 6) is 0.185. The van der Waals surface area contributed by atoms with Gasteiger partial charge in [-0.05, 0) is 27.7 Å². The summed E-state index contributed by atoms with van der Waals surface area (Å²) >= 11 is 0. The van der Waals surface area contributed by atoms with Crippen molar-refractivity contribution >= 4 is 9.84 Å². The lowest BCUT2D eigenvalue weighted by molar-refractivity contribution is 0.0238. The van der Waals surface area contributed by atoms with Crippen LogP contribution in [0.15, 0.2) is 0 Å². The highest BCUT2D eigenvalue weighted by Crippen LogP contribution is 2.04. The van der Waals surface area contributed by atoms with Gasteiger partial charge < -0.3 is 10.1 Å². The molecule has 92 valence electrons. The monoisotopic (exact) mass is 237 g/mol. The molecule has 0 aromatic rings. The van der Waals surface area contributed by atoms with Crippen molar-refractivity contribution in [1.82, 2.24) is 5.32 Å². The average molecular weight is 237 g/mol. The molecule has 0 spiro atoms. The molecule has 0 heterocycles. The molecule has 5 heteroatoms. The highest BCUT2D eigenvalue weighted by atomic mass is 32.2. The zero-order valence-electron chi connectivity index (χ0n) is 10.3. The van der Waals surface area contributed by atoms with Crippen molar-refractivity contribution in [2.45, 2.75) is 38.5 Å². The molecule has 0 aliphatic rings. The zero-order valence-corrected chi connectivity index (χ0v) is 11.1. The Hall–Kier alpha value is -0.130. The standard InChI is InChI=1S/C10H23NO3S/c1-9(2)15(12,13)7-6-11-8-10(3,4)14-5/h9,11H,6-8H2,1-5H3. The molecule has 0 saturated carbocycles. The first-order valence-corrected chi connectivity index (χ1v) is 6.90. The lowest BCUT2D eigenvalue weighted by Gasteiger charge is -2.23. The van der Waals surface area contributed by atoms with Crippen LogP contribution in [0.5, 0.6) is 0 Å². The Morgan fingerprint density at radius 3 is 2.27 bits per heavy atom. The lowest BCUT2D eigenvalue weighted by Crippen LogP contribution is -2.39. The third-order valence-electron chi connectivity index (χ3n) is 2.38. The summed E-state index contributed by atoms with van der Waals surface area (Å²) in [4.78, 5) is 0. The van der Waals surface area contributed by atoms with Crippen molar-refractivity contribution in [3.8, 4) is 0 Å². The van der Waals surface area contributed by atoms with Gasteiger partial charge >= 0.3 is 0 Å². The lowest BCUT2D eigenvalue weighted by atomic mass is 10.1. The second-order valence-corrected chi connectivity index (χ2v) is 7.23. The maximum absolute atomic E-state index is 11.5. The van der Waals surface area contributed by atoms with E-state index in [-0.39, 0.29) is 16.6 Å². The summed E-state index contributed by atoms with van der Waals surface area (Å²) in [6.07, 6.45) is 0. The predicted octanol–water partition coefficient (Wildman–Crippen LogP) is 0.824. The maximum atomic E-state index is 11.5. The van der Waals surface area contributed by atoms with Crippen LogP contribution < -0.4 is 5.32 Å². The fourth-order valence-corrected chi connectivity index (χ4v) is 1.81. The Morgan fingerprint density at radius 1 is 1.33 bits per heavy atom. The second-order valence-electron chi connectivity index (χ2n) is 4.56. The predicted molar refractivity (Wildman–Crippen MR) is 62.9 cm³/mol. The van der Waals surface area contributed by atoms with Crippen molar-refractivity contribution in [1.29, 1.82) is 0 Å². The molecule has 0 radical (unpaired) electrons. The molecule has 0 fully saturated rings. The van der Waals surface area contributed by atoms with Crippen molar-refractivity contribution < 1.29 is 13.2 Å². The van der Waals surface area contributed by atoms with Crippen LogP contribution >= 0.6 is 0 Å². The van der Waals surface area contributed by atoms with E-state index < -0.39 is 9.84 Å². The Balaban J connectivity index is 3.83. The number of sulfone groups is 1. The van der Waals surface area contributed by atoms with Gasteiger partial charge in [0.25, 0.3) is 0 Å². The first kappa shape index (κ1) is 14.9. The van der Waals surface area contributed by atoms with E-state index >= 15 is 0 Å². The van der Waals surface area contributed by atoms with Crippen LogP contribution in [-0.4, -0.2) is 45.2 Å². The minimum Gasteiger partial charge on any atom is -0.377 e. The molecule has 0 unspecified atom stereocenters. The van der Waals surface area contributed by atoms with E-state index in [1.165, 1.54) is 0 Å². The van der Waals surface area contributed by atoms with Crippen LogP contribution in [0.4, 0.5) is 0 Å². The zero-order chi connectivity index (χ0) is 12.1. The van der Waals surface area contributed by atoms with E-state index in [9.17, 15) is 8.42 Å². The van der Waals surface area contributed by atoms with Crippen LogP contribution in [0, 0.1) is 0 Å². The first-order chi connectivity index (χ1) is 6.71. The number of hydrogen-bond acceptors (Lipinski definition) is 4. The van der Waals surface area contributed by atoms with Gasteiger partial charge in [-0.1, -0.05) is 0 Å². The normalized spacial score (nSPS) is 13.5. The molecule has 0 rings (SSSR count). The summed E-state index contributed by atoms with van der Waals surface area (Å²) in [6, 6.07) is 0. The van der Waals surface area contributed by atoms with Gasteiger partial charge in [0.05, 0.1) is 16.6 Å². The molecule has 0 aliphatic carbocycles. The van der Waals surface area contributed by atoms with Crippen molar-refractivity contribution in [2.75, 3.05) is 26.0 Å². The van der Waals surface area contributed by atoms with E-state index in [4.69, 9.17) is 4.74 Å². The molecule has 0 amide bonds. The molecule has 4 nitrogen and oxygen atoms in total. The molecule has 0 bridgehead atoms. The SMILES string of the molecule is COC(C)(C)CNCCS(=O)(=O)C(C)C. The molecule has 15 heavy (non-hydrogen) atoms. The van der Waals surface area contributed by atoms with Crippen LogP contribution in [0.2, 0.25) is 0 Å². The third-order valence-corrected chi connectivity index (χ3v) is 4.59. The Kier molecular flexibility index (Phi) is 5.77. The van der Waals surface area contributed by atoms with E-state index in [0.717, 1.165) is 0 Å².